The SMILES string of the molecule is COCCN1C(=O)C(CC(C)C)NC(=O)C1C. The molecular weight excluding hydrogens is 220 g/mol. The molecule has 17 heavy (non-hydrogen) atoms. The molecule has 2 atom stereocenters. The van der Waals surface area contributed by atoms with Crippen molar-refractivity contribution < 1.29 is 14.3 Å². The second-order valence-electron chi connectivity index (χ2n) is 4.89. The number of methoxy groups -OCH3 is 1. The summed E-state index contributed by atoms with van der Waals surface area (Å²) < 4.78 is 4.97. The monoisotopic (exact) mass is 242 g/mol. The predicted octanol–water partition coefficient (Wildman–Crippen LogP) is 0.394. The van der Waals surface area contributed by atoms with Crippen LogP contribution in [0.1, 0.15) is 27.2 Å². The summed E-state index contributed by atoms with van der Waals surface area (Å²) in [7, 11) is 1.59. The lowest BCUT2D eigenvalue weighted by molar-refractivity contribution is -0.149. The number of hydrogen-bond donors (Lipinski definition) is 1. The lowest BCUT2D eigenvalue weighted by atomic mass is 9.99. The van der Waals surface area contributed by atoms with Gasteiger partial charge in [0.05, 0.1) is 6.61 Å². The molecule has 2 unspecified atom stereocenters. The first kappa shape index (κ1) is 14.0. The van der Waals surface area contributed by atoms with Crippen LogP contribution in [0.3, 0.4) is 0 Å². The highest BCUT2D eigenvalue weighted by Gasteiger charge is 2.37. The minimum absolute atomic E-state index is 0.00264. The quantitative estimate of drug-likeness (QED) is 0.759. The van der Waals surface area contributed by atoms with Gasteiger partial charge in [-0.2, -0.15) is 0 Å². The summed E-state index contributed by atoms with van der Waals surface area (Å²) in [5, 5.41) is 2.78. The molecule has 1 heterocycles. The van der Waals surface area contributed by atoms with E-state index in [9.17, 15) is 9.59 Å². The number of piperazine rings is 1. The minimum atomic E-state index is -0.402. The van der Waals surface area contributed by atoms with Crippen LogP contribution in [0, 0.1) is 5.92 Å². The van der Waals surface area contributed by atoms with Gasteiger partial charge in [-0.05, 0) is 19.3 Å². The van der Waals surface area contributed by atoms with Gasteiger partial charge in [-0.3, -0.25) is 9.59 Å². The van der Waals surface area contributed by atoms with Gasteiger partial charge in [-0.1, -0.05) is 13.8 Å². The Morgan fingerprint density at radius 2 is 2.06 bits per heavy atom. The third-order valence-electron chi connectivity index (χ3n) is 2.99. The molecule has 5 heteroatoms. The highest BCUT2D eigenvalue weighted by Crippen LogP contribution is 2.15. The van der Waals surface area contributed by atoms with Crippen molar-refractivity contribution in [3.63, 3.8) is 0 Å². The molecule has 1 aliphatic rings. The summed E-state index contributed by atoms with van der Waals surface area (Å²) >= 11 is 0. The Morgan fingerprint density at radius 3 is 2.59 bits per heavy atom. The standard InChI is InChI=1S/C12H22N2O3/c1-8(2)7-10-12(16)14(5-6-17-4)9(3)11(15)13-10/h8-10H,5-7H2,1-4H3,(H,13,15). The van der Waals surface area contributed by atoms with Gasteiger partial charge in [0, 0.05) is 13.7 Å². The van der Waals surface area contributed by atoms with Crippen LogP contribution >= 0.6 is 0 Å². The van der Waals surface area contributed by atoms with Gasteiger partial charge in [0.1, 0.15) is 12.1 Å². The zero-order valence-electron chi connectivity index (χ0n) is 11.0. The van der Waals surface area contributed by atoms with Crippen molar-refractivity contribution in [1.82, 2.24) is 10.2 Å². The topological polar surface area (TPSA) is 58.6 Å². The molecular formula is C12H22N2O3. The highest BCUT2D eigenvalue weighted by atomic mass is 16.5. The molecule has 1 saturated heterocycles. The molecule has 1 aliphatic heterocycles. The molecule has 1 fully saturated rings. The third kappa shape index (κ3) is 3.43. The van der Waals surface area contributed by atoms with E-state index in [0.29, 0.717) is 25.5 Å². The van der Waals surface area contributed by atoms with E-state index in [0.717, 1.165) is 0 Å². The molecule has 0 aromatic carbocycles. The van der Waals surface area contributed by atoms with Gasteiger partial charge in [-0.15, -0.1) is 0 Å². The molecule has 1 rings (SSSR count). The average molecular weight is 242 g/mol. The minimum Gasteiger partial charge on any atom is -0.383 e. The van der Waals surface area contributed by atoms with Crippen molar-refractivity contribution >= 4 is 11.8 Å². The van der Waals surface area contributed by atoms with E-state index >= 15 is 0 Å². The first-order chi connectivity index (χ1) is 7.97. The van der Waals surface area contributed by atoms with Crippen LogP contribution in [0.5, 0.6) is 0 Å². The lowest BCUT2D eigenvalue weighted by Crippen LogP contribution is -2.63. The van der Waals surface area contributed by atoms with E-state index in [4.69, 9.17) is 4.74 Å². The maximum Gasteiger partial charge on any atom is 0.245 e. The Bertz CT molecular complexity index is 291. The highest BCUT2D eigenvalue weighted by molar-refractivity contribution is 5.96. The molecule has 5 nitrogen and oxygen atoms in total. The fraction of sp³-hybridized carbons (Fsp3) is 0.833. The Balaban J connectivity index is 2.72. The maximum absolute atomic E-state index is 12.2. The van der Waals surface area contributed by atoms with E-state index in [-0.39, 0.29) is 17.9 Å². The van der Waals surface area contributed by atoms with Crippen LogP contribution in [0.25, 0.3) is 0 Å². The summed E-state index contributed by atoms with van der Waals surface area (Å²) in [5.74, 6) is 0.302. The molecule has 0 spiro atoms. The number of ether oxygens (including phenoxy) is 1. The fourth-order valence-electron chi connectivity index (χ4n) is 2.01. The number of nitrogens with zero attached hydrogens (tertiary/aromatic N) is 1. The van der Waals surface area contributed by atoms with E-state index in [1.807, 2.05) is 13.8 Å². The summed E-state index contributed by atoms with van der Waals surface area (Å²) in [6.07, 6.45) is 0.681. The predicted molar refractivity (Wildman–Crippen MR) is 64.4 cm³/mol. The van der Waals surface area contributed by atoms with Crippen molar-refractivity contribution in [2.24, 2.45) is 5.92 Å². The summed E-state index contributed by atoms with van der Waals surface area (Å²) in [6, 6.07) is -0.781. The largest absolute Gasteiger partial charge is 0.383 e. The Labute approximate surface area is 102 Å². The zero-order chi connectivity index (χ0) is 13.0. The Hall–Kier alpha value is -1.10. The van der Waals surface area contributed by atoms with Crippen molar-refractivity contribution in [2.75, 3.05) is 20.3 Å². The number of carbonyl (C=O) groups excluding carboxylic acids is 2. The lowest BCUT2D eigenvalue weighted by Gasteiger charge is -2.37. The summed E-state index contributed by atoms with van der Waals surface area (Å²) in [6.45, 7) is 6.75. The van der Waals surface area contributed by atoms with E-state index < -0.39 is 6.04 Å². The maximum atomic E-state index is 12.2. The Morgan fingerprint density at radius 1 is 1.41 bits per heavy atom. The van der Waals surface area contributed by atoms with Gasteiger partial charge in [0.15, 0.2) is 0 Å². The first-order valence-electron chi connectivity index (χ1n) is 6.07. The van der Waals surface area contributed by atoms with Crippen LogP contribution in [0.2, 0.25) is 0 Å². The first-order valence-corrected chi connectivity index (χ1v) is 6.07. The molecule has 1 N–H and O–H groups in total. The summed E-state index contributed by atoms with van der Waals surface area (Å²) in [4.78, 5) is 25.5. The van der Waals surface area contributed by atoms with Gasteiger partial charge in [-0.25, -0.2) is 0 Å². The third-order valence-corrected chi connectivity index (χ3v) is 2.99. The zero-order valence-corrected chi connectivity index (χ0v) is 11.0. The van der Waals surface area contributed by atoms with Gasteiger partial charge < -0.3 is 15.0 Å². The van der Waals surface area contributed by atoms with Crippen LogP contribution in [-0.4, -0.2) is 49.1 Å². The van der Waals surface area contributed by atoms with Gasteiger partial charge in [0.2, 0.25) is 11.8 Å². The molecule has 0 radical (unpaired) electrons. The number of hydrogen-bond acceptors (Lipinski definition) is 3. The number of rotatable bonds is 5. The molecule has 0 aromatic rings. The van der Waals surface area contributed by atoms with Crippen LogP contribution in [-0.2, 0) is 14.3 Å². The Kier molecular flexibility index (Phi) is 4.93. The molecule has 0 saturated carbocycles. The molecule has 2 amide bonds. The van der Waals surface area contributed by atoms with Gasteiger partial charge in [0.25, 0.3) is 0 Å². The number of carbonyl (C=O) groups is 2. The second-order valence-corrected chi connectivity index (χ2v) is 4.89. The fourth-order valence-corrected chi connectivity index (χ4v) is 2.01. The summed E-state index contributed by atoms with van der Waals surface area (Å²) in [5.41, 5.74) is 0. The van der Waals surface area contributed by atoms with E-state index in [2.05, 4.69) is 5.32 Å². The van der Waals surface area contributed by atoms with Gasteiger partial charge >= 0.3 is 0 Å². The van der Waals surface area contributed by atoms with Crippen LogP contribution < -0.4 is 5.32 Å². The van der Waals surface area contributed by atoms with Crippen LogP contribution in [0.4, 0.5) is 0 Å². The van der Waals surface area contributed by atoms with Crippen molar-refractivity contribution in [3.05, 3.63) is 0 Å². The normalized spacial score (nSPS) is 25.4. The molecule has 98 valence electrons. The average Bonchev–Trinajstić information content (AvgIpc) is 2.25. The smallest absolute Gasteiger partial charge is 0.245 e. The van der Waals surface area contributed by atoms with Crippen molar-refractivity contribution in [3.8, 4) is 0 Å². The number of nitrogens with one attached hydrogen (secondary N) is 1. The van der Waals surface area contributed by atoms with E-state index in [1.165, 1.54) is 0 Å². The molecule has 0 bridgehead atoms. The molecule has 0 aromatic heterocycles. The van der Waals surface area contributed by atoms with E-state index in [1.54, 1.807) is 18.9 Å². The number of amides is 2. The second kappa shape index (κ2) is 6.00. The van der Waals surface area contributed by atoms with Crippen molar-refractivity contribution in [1.29, 1.82) is 0 Å². The van der Waals surface area contributed by atoms with Crippen molar-refractivity contribution in [2.45, 2.75) is 39.3 Å². The molecule has 0 aliphatic carbocycles. The van der Waals surface area contributed by atoms with Crippen LogP contribution in [0.15, 0.2) is 0 Å².